The highest BCUT2D eigenvalue weighted by atomic mass is 16.4. The van der Waals surface area contributed by atoms with Gasteiger partial charge in [0.15, 0.2) is 0 Å². The van der Waals surface area contributed by atoms with Crippen LogP contribution in [0.3, 0.4) is 0 Å². The van der Waals surface area contributed by atoms with Crippen molar-refractivity contribution in [3.8, 4) is 11.5 Å². The van der Waals surface area contributed by atoms with E-state index in [9.17, 15) is 0 Å². The zero-order valence-electron chi connectivity index (χ0n) is 18.3. The minimum Gasteiger partial charge on any atom is -0.424 e. The minimum atomic E-state index is 0.124. The van der Waals surface area contributed by atoms with Gasteiger partial charge in [-0.1, -0.05) is 6.07 Å². The number of hydrogen-bond acceptors (Lipinski definition) is 7. The van der Waals surface area contributed by atoms with Gasteiger partial charge < -0.3 is 14.2 Å². The van der Waals surface area contributed by atoms with Crippen LogP contribution < -0.4 is 5.32 Å². The second kappa shape index (κ2) is 6.90. The highest BCUT2D eigenvalue weighted by Gasteiger charge is 2.52. The van der Waals surface area contributed by atoms with Crippen LogP contribution in [0, 0.1) is 5.41 Å². The first kappa shape index (κ1) is 18.8. The number of aromatic nitrogens is 4. The standard InChI is InChI=1S/C25H29N5O2/c1-2-18(22-28-27-20(31-22)16-4-5-16)14-19(3-1)26-15-24-8-11-25(12-9-24,13-10-24)23-30-29-21(32-23)17-6-7-17/h1-3,14,16-17,26H,4-13,15H2. The Kier molecular flexibility index (Phi) is 4.06. The molecule has 1 N–H and O–H groups in total. The maximum absolute atomic E-state index is 6.15. The summed E-state index contributed by atoms with van der Waals surface area (Å²) in [7, 11) is 0. The van der Waals surface area contributed by atoms with Crippen molar-refractivity contribution in [2.75, 3.05) is 11.9 Å². The lowest BCUT2D eigenvalue weighted by atomic mass is 9.53. The third-order valence-corrected chi connectivity index (χ3v) is 8.37. The normalized spacial score (nSPS) is 29.4. The maximum atomic E-state index is 6.15. The highest BCUT2D eigenvalue weighted by molar-refractivity contribution is 5.61. The number of hydrogen-bond donors (Lipinski definition) is 1. The summed E-state index contributed by atoms with van der Waals surface area (Å²) in [5.41, 5.74) is 2.59. The Labute approximate surface area is 187 Å². The number of nitrogens with one attached hydrogen (secondary N) is 1. The summed E-state index contributed by atoms with van der Waals surface area (Å²) in [6, 6.07) is 8.38. The summed E-state index contributed by atoms with van der Waals surface area (Å²) >= 11 is 0. The average molecular weight is 432 g/mol. The van der Waals surface area contributed by atoms with Crippen LogP contribution in [-0.4, -0.2) is 26.9 Å². The number of rotatable bonds is 7. The largest absolute Gasteiger partial charge is 0.424 e. The van der Waals surface area contributed by atoms with Crippen LogP contribution in [0.2, 0.25) is 0 Å². The summed E-state index contributed by atoms with van der Waals surface area (Å²) in [6.45, 7) is 1.00. The molecule has 5 aliphatic carbocycles. The lowest BCUT2D eigenvalue weighted by molar-refractivity contribution is 0.0349. The third-order valence-electron chi connectivity index (χ3n) is 8.37. The average Bonchev–Trinajstić information content (AvgIpc) is 3.78. The molecule has 2 aromatic heterocycles. The molecule has 3 aromatic rings. The zero-order valence-corrected chi connectivity index (χ0v) is 18.3. The second-order valence-corrected chi connectivity index (χ2v) is 10.7. The van der Waals surface area contributed by atoms with E-state index >= 15 is 0 Å². The summed E-state index contributed by atoms with van der Waals surface area (Å²) < 4.78 is 12.0. The van der Waals surface area contributed by atoms with E-state index in [1.165, 1.54) is 44.9 Å². The van der Waals surface area contributed by atoms with Crippen molar-refractivity contribution in [3.63, 3.8) is 0 Å². The zero-order chi connectivity index (χ0) is 21.2. The van der Waals surface area contributed by atoms with Gasteiger partial charge in [0, 0.05) is 35.0 Å². The molecule has 166 valence electrons. The van der Waals surface area contributed by atoms with Crippen molar-refractivity contribution in [1.29, 1.82) is 0 Å². The number of fused-ring (bicyclic) bond motifs is 3. The smallest absolute Gasteiger partial charge is 0.247 e. The van der Waals surface area contributed by atoms with Gasteiger partial charge in [-0.05, 0) is 87.8 Å². The number of anilines is 1. The lowest BCUT2D eigenvalue weighted by Gasteiger charge is -2.52. The molecule has 0 aliphatic heterocycles. The van der Waals surface area contributed by atoms with E-state index in [1.807, 2.05) is 6.07 Å². The summed E-state index contributed by atoms with van der Waals surface area (Å²) in [5.74, 6) is 4.22. The molecule has 5 fully saturated rings. The Balaban J connectivity index is 1.02. The van der Waals surface area contributed by atoms with Gasteiger partial charge in [-0.2, -0.15) is 0 Å². The molecule has 0 spiro atoms. The molecule has 32 heavy (non-hydrogen) atoms. The first-order chi connectivity index (χ1) is 15.7. The lowest BCUT2D eigenvalue weighted by Crippen LogP contribution is -2.47. The molecular weight excluding hydrogens is 402 g/mol. The molecule has 5 saturated carbocycles. The molecule has 2 bridgehead atoms. The SMILES string of the molecule is c1cc(NCC23CCC(c4nnc(C5CC5)o4)(CC2)CC3)cc(-c2nnc(C3CC3)o2)c1. The van der Waals surface area contributed by atoms with E-state index in [-0.39, 0.29) is 5.41 Å². The van der Waals surface area contributed by atoms with Crippen molar-refractivity contribution in [3.05, 3.63) is 41.9 Å². The topological polar surface area (TPSA) is 89.9 Å². The van der Waals surface area contributed by atoms with Crippen molar-refractivity contribution >= 4 is 5.69 Å². The Morgan fingerprint density at radius 2 is 1.50 bits per heavy atom. The van der Waals surface area contributed by atoms with Crippen LogP contribution in [0.15, 0.2) is 33.1 Å². The van der Waals surface area contributed by atoms with Gasteiger partial charge in [-0.15, -0.1) is 20.4 Å². The molecule has 7 nitrogen and oxygen atoms in total. The monoisotopic (exact) mass is 431 g/mol. The minimum absolute atomic E-state index is 0.124. The van der Waals surface area contributed by atoms with Crippen LogP contribution in [-0.2, 0) is 5.41 Å². The molecule has 1 aromatic carbocycles. The van der Waals surface area contributed by atoms with E-state index in [2.05, 4.69) is 43.9 Å². The third kappa shape index (κ3) is 3.24. The molecule has 0 amide bonds. The quantitative estimate of drug-likeness (QED) is 0.522. The fourth-order valence-corrected chi connectivity index (χ4v) is 5.69. The molecule has 5 aliphatic rings. The van der Waals surface area contributed by atoms with Crippen molar-refractivity contribution in [1.82, 2.24) is 20.4 Å². The first-order valence-electron chi connectivity index (χ1n) is 12.2. The second-order valence-electron chi connectivity index (χ2n) is 10.7. The summed E-state index contributed by atoms with van der Waals surface area (Å²) in [4.78, 5) is 0. The van der Waals surface area contributed by atoms with Gasteiger partial charge in [0.25, 0.3) is 0 Å². The predicted molar refractivity (Wildman–Crippen MR) is 118 cm³/mol. The molecule has 8 rings (SSSR count). The van der Waals surface area contributed by atoms with E-state index in [1.54, 1.807) is 0 Å². The van der Waals surface area contributed by atoms with E-state index < -0.39 is 0 Å². The molecule has 0 radical (unpaired) electrons. The van der Waals surface area contributed by atoms with Crippen molar-refractivity contribution in [2.24, 2.45) is 5.41 Å². The predicted octanol–water partition coefficient (Wildman–Crippen LogP) is 5.58. The van der Waals surface area contributed by atoms with Crippen LogP contribution in [0.1, 0.15) is 93.7 Å². The fourth-order valence-electron chi connectivity index (χ4n) is 5.69. The van der Waals surface area contributed by atoms with E-state index in [0.29, 0.717) is 23.1 Å². The number of nitrogens with zero attached hydrogens (tertiary/aromatic N) is 4. The van der Waals surface area contributed by atoms with E-state index in [4.69, 9.17) is 8.83 Å². The Hall–Kier alpha value is -2.70. The Bertz CT molecular complexity index is 1120. The highest BCUT2D eigenvalue weighted by Crippen LogP contribution is 2.57. The van der Waals surface area contributed by atoms with E-state index in [0.717, 1.165) is 54.7 Å². The molecular formula is C25H29N5O2. The molecule has 0 unspecified atom stereocenters. The van der Waals surface area contributed by atoms with Crippen LogP contribution >= 0.6 is 0 Å². The van der Waals surface area contributed by atoms with Crippen LogP contribution in [0.5, 0.6) is 0 Å². The molecule has 7 heteroatoms. The van der Waals surface area contributed by atoms with Gasteiger partial charge in [0.1, 0.15) is 0 Å². The van der Waals surface area contributed by atoms with Crippen LogP contribution in [0.4, 0.5) is 5.69 Å². The fraction of sp³-hybridized carbons (Fsp3) is 0.600. The molecule has 0 saturated heterocycles. The molecule has 0 atom stereocenters. The Morgan fingerprint density at radius 3 is 2.22 bits per heavy atom. The Morgan fingerprint density at radius 1 is 0.812 bits per heavy atom. The van der Waals surface area contributed by atoms with Crippen LogP contribution in [0.25, 0.3) is 11.5 Å². The van der Waals surface area contributed by atoms with Gasteiger partial charge >= 0.3 is 0 Å². The van der Waals surface area contributed by atoms with Crippen molar-refractivity contribution < 1.29 is 8.83 Å². The van der Waals surface area contributed by atoms with Gasteiger partial charge in [-0.25, -0.2) is 0 Å². The first-order valence-corrected chi connectivity index (χ1v) is 12.2. The summed E-state index contributed by atoms with van der Waals surface area (Å²) in [6.07, 6.45) is 11.9. The summed E-state index contributed by atoms with van der Waals surface area (Å²) in [5, 5.41) is 21.1. The number of benzene rings is 1. The van der Waals surface area contributed by atoms with Crippen molar-refractivity contribution in [2.45, 2.75) is 81.5 Å². The maximum Gasteiger partial charge on any atom is 0.247 e. The van der Waals surface area contributed by atoms with Gasteiger partial charge in [-0.3, -0.25) is 0 Å². The molecule has 2 heterocycles. The van der Waals surface area contributed by atoms with Gasteiger partial charge in [0.2, 0.25) is 23.6 Å². The van der Waals surface area contributed by atoms with Gasteiger partial charge in [0.05, 0.1) is 0 Å².